The molecule has 0 unspecified atom stereocenters. The average Bonchev–Trinajstić information content (AvgIpc) is 2.27. The van der Waals surface area contributed by atoms with Crippen LogP contribution in [0.5, 0.6) is 0 Å². The van der Waals surface area contributed by atoms with E-state index in [0.717, 1.165) is 25.3 Å². The predicted molar refractivity (Wildman–Crippen MR) is 67.2 cm³/mol. The molecule has 1 rings (SSSR count). The van der Waals surface area contributed by atoms with Crippen molar-refractivity contribution in [1.29, 1.82) is 0 Å². The first-order chi connectivity index (χ1) is 7.72. The van der Waals surface area contributed by atoms with E-state index in [9.17, 15) is 0 Å². The molecule has 0 saturated heterocycles. The first-order valence-electron chi connectivity index (χ1n) is 6.23. The Kier molecular flexibility index (Phi) is 6.01. The van der Waals surface area contributed by atoms with Crippen molar-refractivity contribution in [2.75, 3.05) is 6.54 Å². The van der Waals surface area contributed by atoms with E-state index in [1.807, 2.05) is 12.4 Å². The Bertz CT molecular complexity index is 280. The summed E-state index contributed by atoms with van der Waals surface area (Å²) in [5.74, 6) is 1.65. The summed E-state index contributed by atoms with van der Waals surface area (Å²) in [4.78, 5) is 8.73. The minimum absolute atomic E-state index is 0.685. The largest absolute Gasteiger partial charge is 0.312 e. The smallest absolute Gasteiger partial charge is 0.128 e. The van der Waals surface area contributed by atoms with E-state index >= 15 is 0 Å². The number of aromatic nitrogens is 2. The molecule has 0 amide bonds. The molecule has 0 aliphatic rings. The van der Waals surface area contributed by atoms with Crippen LogP contribution in [-0.2, 0) is 13.0 Å². The Hall–Kier alpha value is -0.960. The van der Waals surface area contributed by atoms with Crippen molar-refractivity contribution in [2.45, 2.75) is 46.6 Å². The number of nitrogens with one attached hydrogen (secondary N) is 1. The summed E-state index contributed by atoms with van der Waals surface area (Å²) in [6.45, 7) is 8.50. The van der Waals surface area contributed by atoms with Crippen LogP contribution < -0.4 is 5.32 Å². The number of rotatable bonds is 7. The lowest BCUT2D eigenvalue weighted by Gasteiger charge is -2.07. The molecule has 0 atom stereocenters. The Morgan fingerprint density at radius 1 is 1.25 bits per heavy atom. The normalized spacial score (nSPS) is 11.0. The second-order valence-corrected chi connectivity index (χ2v) is 4.64. The zero-order chi connectivity index (χ0) is 11.8. The molecule has 1 aromatic heterocycles. The Morgan fingerprint density at radius 3 is 2.50 bits per heavy atom. The summed E-state index contributed by atoms with van der Waals surface area (Å²) in [7, 11) is 0. The van der Waals surface area contributed by atoms with Crippen LogP contribution in [0.1, 0.15) is 45.0 Å². The predicted octanol–water partition coefficient (Wildman–Crippen LogP) is 2.56. The molecule has 1 heterocycles. The van der Waals surface area contributed by atoms with Crippen LogP contribution in [0.25, 0.3) is 0 Å². The second-order valence-electron chi connectivity index (χ2n) is 4.64. The summed E-state index contributed by atoms with van der Waals surface area (Å²) in [5, 5.41) is 3.38. The highest BCUT2D eigenvalue weighted by molar-refractivity contribution is 5.04. The maximum Gasteiger partial charge on any atom is 0.128 e. The quantitative estimate of drug-likeness (QED) is 0.769. The number of nitrogens with zero attached hydrogens (tertiary/aromatic N) is 2. The second kappa shape index (κ2) is 7.34. The van der Waals surface area contributed by atoms with Crippen molar-refractivity contribution in [3.8, 4) is 0 Å². The van der Waals surface area contributed by atoms with E-state index in [1.165, 1.54) is 18.4 Å². The highest BCUT2D eigenvalue weighted by atomic mass is 14.9. The van der Waals surface area contributed by atoms with E-state index in [1.54, 1.807) is 0 Å². The Labute approximate surface area is 98.7 Å². The van der Waals surface area contributed by atoms with E-state index < -0.39 is 0 Å². The third-order valence-electron chi connectivity index (χ3n) is 2.39. The van der Waals surface area contributed by atoms with Gasteiger partial charge in [-0.05, 0) is 18.9 Å². The number of unbranched alkanes of at least 4 members (excludes halogenated alkanes) is 1. The summed E-state index contributed by atoms with van der Waals surface area (Å²) in [6, 6.07) is 0. The van der Waals surface area contributed by atoms with Gasteiger partial charge in [0.1, 0.15) is 5.82 Å². The van der Waals surface area contributed by atoms with Gasteiger partial charge < -0.3 is 5.32 Å². The molecule has 0 radical (unpaired) electrons. The Morgan fingerprint density at radius 2 is 1.94 bits per heavy atom. The van der Waals surface area contributed by atoms with E-state index in [2.05, 4.69) is 36.1 Å². The molecule has 3 nitrogen and oxygen atoms in total. The maximum atomic E-state index is 4.36. The van der Waals surface area contributed by atoms with Crippen molar-refractivity contribution in [3.05, 3.63) is 23.8 Å². The third-order valence-corrected chi connectivity index (χ3v) is 2.39. The van der Waals surface area contributed by atoms with Gasteiger partial charge in [-0.3, -0.25) is 0 Å². The number of hydrogen-bond donors (Lipinski definition) is 1. The van der Waals surface area contributed by atoms with Crippen molar-refractivity contribution in [1.82, 2.24) is 15.3 Å². The molecule has 90 valence electrons. The highest BCUT2D eigenvalue weighted by Crippen LogP contribution is 2.00. The molecule has 0 bridgehead atoms. The fourth-order valence-corrected chi connectivity index (χ4v) is 1.44. The van der Waals surface area contributed by atoms with Gasteiger partial charge in [0.15, 0.2) is 0 Å². The molecule has 0 aromatic carbocycles. The van der Waals surface area contributed by atoms with Crippen LogP contribution >= 0.6 is 0 Å². The Balaban J connectivity index is 2.33. The SMILES string of the molecule is CCCCc1ncc(CNCC(C)C)cn1. The zero-order valence-corrected chi connectivity index (χ0v) is 10.7. The van der Waals surface area contributed by atoms with Crippen molar-refractivity contribution in [2.24, 2.45) is 5.92 Å². The molecule has 0 saturated carbocycles. The summed E-state index contributed by atoms with van der Waals surface area (Å²) < 4.78 is 0. The zero-order valence-electron chi connectivity index (χ0n) is 10.7. The van der Waals surface area contributed by atoms with Gasteiger partial charge in [0, 0.05) is 30.9 Å². The fraction of sp³-hybridized carbons (Fsp3) is 0.692. The summed E-state index contributed by atoms with van der Waals surface area (Å²) >= 11 is 0. The van der Waals surface area contributed by atoms with Crippen LogP contribution in [-0.4, -0.2) is 16.5 Å². The summed E-state index contributed by atoms with van der Waals surface area (Å²) in [6.07, 6.45) is 7.23. The van der Waals surface area contributed by atoms with E-state index in [0.29, 0.717) is 5.92 Å². The van der Waals surface area contributed by atoms with Crippen LogP contribution in [0.4, 0.5) is 0 Å². The van der Waals surface area contributed by atoms with Gasteiger partial charge in [-0.2, -0.15) is 0 Å². The van der Waals surface area contributed by atoms with Crippen LogP contribution in [0.2, 0.25) is 0 Å². The lowest BCUT2D eigenvalue weighted by atomic mass is 10.2. The average molecular weight is 221 g/mol. The molecule has 0 spiro atoms. The van der Waals surface area contributed by atoms with E-state index in [4.69, 9.17) is 0 Å². The van der Waals surface area contributed by atoms with Gasteiger partial charge >= 0.3 is 0 Å². The van der Waals surface area contributed by atoms with E-state index in [-0.39, 0.29) is 0 Å². The fourth-order valence-electron chi connectivity index (χ4n) is 1.44. The molecule has 0 aliphatic carbocycles. The van der Waals surface area contributed by atoms with Gasteiger partial charge in [-0.25, -0.2) is 9.97 Å². The van der Waals surface area contributed by atoms with Crippen molar-refractivity contribution >= 4 is 0 Å². The number of aryl methyl sites for hydroxylation is 1. The maximum absolute atomic E-state index is 4.36. The van der Waals surface area contributed by atoms with Gasteiger partial charge in [0.05, 0.1) is 0 Å². The minimum atomic E-state index is 0.685. The molecule has 1 N–H and O–H groups in total. The van der Waals surface area contributed by atoms with Crippen molar-refractivity contribution < 1.29 is 0 Å². The van der Waals surface area contributed by atoms with Gasteiger partial charge in [0.2, 0.25) is 0 Å². The van der Waals surface area contributed by atoms with Crippen LogP contribution in [0.3, 0.4) is 0 Å². The topological polar surface area (TPSA) is 37.8 Å². The highest BCUT2D eigenvalue weighted by Gasteiger charge is 1.98. The molecule has 16 heavy (non-hydrogen) atoms. The first-order valence-corrected chi connectivity index (χ1v) is 6.23. The van der Waals surface area contributed by atoms with Crippen LogP contribution in [0, 0.1) is 5.92 Å². The third kappa shape index (κ3) is 5.21. The van der Waals surface area contributed by atoms with Gasteiger partial charge in [-0.15, -0.1) is 0 Å². The molecule has 0 aliphatic heterocycles. The molecule has 0 fully saturated rings. The minimum Gasteiger partial charge on any atom is -0.312 e. The standard InChI is InChI=1S/C13H23N3/c1-4-5-6-13-15-9-12(10-16-13)8-14-7-11(2)3/h9-11,14H,4-8H2,1-3H3. The van der Waals surface area contributed by atoms with Gasteiger partial charge in [-0.1, -0.05) is 27.2 Å². The monoisotopic (exact) mass is 221 g/mol. The lowest BCUT2D eigenvalue weighted by molar-refractivity contribution is 0.551. The molecule has 1 aromatic rings. The molecular formula is C13H23N3. The van der Waals surface area contributed by atoms with Crippen molar-refractivity contribution in [3.63, 3.8) is 0 Å². The number of hydrogen-bond acceptors (Lipinski definition) is 3. The first kappa shape index (κ1) is 13.1. The lowest BCUT2D eigenvalue weighted by Crippen LogP contribution is -2.19. The molecular weight excluding hydrogens is 198 g/mol. The molecule has 3 heteroatoms. The van der Waals surface area contributed by atoms with Crippen LogP contribution in [0.15, 0.2) is 12.4 Å². The summed E-state index contributed by atoms with van der Waals surface area (Å²) in [5.41, 5.74) is 1.17. The van der Waals surface area contributed by atoms with Gasteiger partial charge in [0.25, 0.3) is 0 Å².